The highest BCUT2D eigenvalue weighted by atomic mass is 79.9. The van der Waals surface area contributed by atoms with Crippen molar-refractivity contribution in [1.82, 2.24) is 0 Å². The minimum atomic E-state index is -0.601. The molecule has 0 amide bonds. The Balaban J connectivity index is 2.24. The third-order valence-electron chi connectivity index (χ3n) is 3.17. The van der Waals surface area contributed by atoms with E-state index in [1.807, 2.05) is 57.2 Å². The van der Waals surface area contributed by atoms with Gasteiger partial charge in [-0.05, 0) is 26.3 Å². The molecule has 0 saturated carbocycles. The van der Waals surface area contributed by atoms with Gasteiger partial charge in [-0.2, -0.15) is 0 Å². The highest BCUT2D eigenvalue weighted by molar-refractivity contribution is 9.09. The van der Waals surface area contributed by atoms with Gasteiger partial charge in [0.1, 0.15) is 6.10 Å². The van der Waals surface area contributed by atoms with Crippen LogP contribution in [0.3, 0.4) is 0 Å². The Hall–Kier alpha value is -0.900. The second-order valence-electron chi connectivity index (χ2n) is 5.29. The summed E-state index contributed by atoms with van der Waals surface area (Å²) in [6, 6.07) is 10.3. The van der Waals surface area contributed by atoms with E-state index in [0.29, 0.717) is 0 Å². The predicted molar refractivity (Wildman–Crippen MR) is 85.9 cm³/mol. The van der Waals surface area contributed by atoms with Gasteiger partial charge in [-0.15, -0.1) is 0 Å². The summed E-state index contributed by atoms with van der Waals surface area (Å²) in [6.45, 7) is 5.91. The van der Waals surface area contributed by atoms with Gasteiger partial charge in [0.05, 0.1) is 10.9 Å². The number of hydrogen-bond acceptors (Lipinski definition) is 2. The van der Waals surface area contributed by atoms with Crippen molar-refractivity contribution < 1.29 is 9.47 Å². The van der Waals surface area contributed by atoms with Crippen LogP contribution in [0.2, 0.25) is 0 Å². The molecule has 1 aromatic rings. The van der Waals surface area contributed by atoms with Gasteiger partial charge in [0, 0.05) is 0 Å². The van der Waals surface area contributed by atoms with Gasteiger partial charge >= 0.3 is 0 Å². The molecule has 3 atom stereocenters. The summed E-state index contributed by atoms with van der Waals surface area (Å²) in [5, 5.41) is 0. The van der Waals surface area contributed by atoms with Gasteiger partial charge in [-0.25, -0.2) is 0 Å². The van der Waals surface area contributed by atoms with Gasteiger partial charge in [0.2, 0.25) is 0 Å². The molecule has 0 aromatic heterocycles. The molecule has 3 heteroatoms. The molecule has 1 aliphatic heterocycles. The third kappa shape index (κ3) is 3.81. The maximum absolute atomic E-state index is 6.09. The maximum atomic E-state index is 6.09. The van der Waals surface area contributed by atoms with E-state index in [4.69, 9.17) is 9.47 Å². The third-order valence-corrected chi connectivity index (χ3v) is 4.17. The fourth-order valence-corrected chi connectivity index (χ4v) is 2.99. The van der Waals surface area contributed by atoms with E-state index in [0.717, 1.165) is 5.56 Å². The average Bonchev–Trinajstić information content (AvgIpc) is 2.43. The summed E-state index contributed by atoms with van der Waals surface area (Å²) in [6.07, 6.45) is 8.03. The van der Waals surface area contributed by atoms with Crippen molar-refractivity contribution in [2.45, 2.75) is 43.6 Å². The lowest BCUT2D eigenvalue weighted by Gasteiger charge is -2.43. The molecule has 1 fully saturated rings. The molecule has 0 aliphatic carbocycles. The van der Waals surface area contributed by atoms with E-state index >= 15 is 0 Å². The largest absolute Gasteiger partial charge is 0.342 e. The fraction of sp³-hybridized carbons (Fsp3) is 0.412. The molecule has 0 unspecified atom stereocenters. The summed E-state index contributed by atoms with van der Waals surface area (Å²) >= 11 is 3.74. The zero-order valence-electron chi connectivity index (χ0n) is 12.1. The Morgan fingerprint density at radius 2 is 1.80 bits per heavy atom. The van der Waals surface area contributed by atoms with E-state index in [1.165, 1.54) is 0 Å². The van der Waals surface area contributed by atoms with E-state index in [2.05, 4.69) is 34.1 Å². The Morgan fingerprint density at radius 1 is 1.10 bits per heavy atom. The number of alkyl halides is 1. The number of rotatable bonds is 3. The van der Waals surface area contributed by atoms with Crippen LogP contribution in [0.5, 0.6) is 0 Å². The monoisotopic (exact) mass is 336 g/mol. The first-order chi connectivity index (χ1) is 9.53. The highest BCUT2D eigenvalue weighted by Gasteiger charge is 2.41. The van der Waals surface area contributed by atoms with Crippen LogP contribution < -0.4 is 0 Å². The summed E-state index contributed by atoms with van der Waals surface area (Å²) in [5.41, 5.74) is 1.16. The van der Waals surface area contributed by atoms with Crippen LogP contribution in [0, 0.1) is 0 Å². The molecule has 1 aromatic carbocycles. The summed E-state index contributed by atoms with van der Waals surface area (Å²) in [7, 11) is 0. The van der Waals surface area contributed by atoms with Crippen LogP contribution >= 0.6 is 15.9 Å². The quantitative estimate of drug-likeness (QED) is 0.584. The van der Waals surface area contributed by atoms with Crippen molar-refractivity contribution in [1.29, 1.82) is 0 Å². The van der Waals surface area contributed by atoms with E-state index in [-0.39, 0.29) is 17.0 Å². The Kier molecular flexibility index (Phi) is 5.19. The molecule has 0 spiro atoms. The molecule has 0 bridgehead atoms. The van der Waals surface area contributed by atoms with Gasteiger partial charge in [0.15, 0.2) is 5.79 Å². The van der Waals surface area contributed by atoms with Gasteiger partial charge in [0.25, 0.3) is 0 Å². The zero-order chi connectivity index (χ0) is 14.6. The SMILES string of the molecule is C/C=C/C=C/[C@@H]1OC(C)(C)O[C@H](c2ccccc2)[C@H]1Br. The van der Waals surface area contributed by atoms with E-state index in [9.17, 15) is 0 Å². The second kappa shape index (κ2) is 6.70. The number of benzene rings is 1. The lowest BCUT2D eigenvalue weighted by molar-refractivity contribution is -0.288. The minimum absolute atomic E-state index is 0.0276. The number of ether oxygens (including phenoxy) is 2. The lowest BCUT2D eigenvalue weighted by Crippen LogP contribution is -2.47. The number of allylic oxidation sites excluding steroid dienone is 3. The maximum Gasteiger partial charge on any atom is 0.164 e. The van der Waals surface area contributed by atoms with Crippen LogP contribution in [0.25, 0.3) is 0 Å². The van der Waals surface area contributed by atoms with Crippen LogP contribution in [0.15, 0.2) is 54.6 Å². The van der Waals surface area contributed by atoms with Crippen molar-refractivity contribution >= 4 is 15.9 Å². The molecule has 108 valence electrons. The molecule has 1 saturated heterocycles. The molecule has 2 nitrogen and oxygen atoms in total. The predicted octanol–water partition coefficient (Wildman–Crippen LogP) is 4.78. The van der Waals surface area contributed by atoms with Crippen molar-refractivity contribution in [3.05, 3.63) is 60.2 Å². The van der Waals surface area contributed by atoms with E-state index < -0.39 is 5.79 Å². The standard InChI is InChI=1S/C17H21BrO2/c1-4-5-7-12-14-15(18)16(20-17(2,3)19-14)13-10-8-6-9-11-13/h4-12,14-16H,1-3H3/b5-4+,12-7+/t14-,15-,16+/m0/s1. The van der Waals surface area contributed by atoms with Crippen molar-refractivity contribution in [3.63, 3.8) is 0 Å². The number of hydrogen-bond donors (Lipinski definition) is 0. The van der Waals surface area contributed by atoms with Crippen molar-refractivity contribution in [3.8, 4) is 0 Å². The lowest BCUT2D eigenvalue weighted by atomic mass is 10.0. The average molecular weight is 337 g/mol. The van der Waals surface area contributed by atoms with Gasteiger partial charge < -0.3 is 9.47 Å². The highest BCUT2D eigenvalue weighted by Crippen LogP contribution is 2.40. The van der Waals surface area contributed by atoms with Gasteiger partial charge in [-0.1, -0.05) is 70.6 Å². The first-order valence-electron chi connectivity index (χ1n) is 6.87. The van der Waals surface area contributed by atoms with Crippen LogP contribution in [0.1, 0.15) is 32.4 Å². The van der Waals surface area contributed by atoms with E-state index in [1.54, 1.807) is 0 Å². The normalized spacial score (nSPS) is 30.1. The first-order valence-corrected chi connectivity index (χ1v) is 7.79. The molecular formula is C17H21BrO2. The number of halogens is 1. The zero-order valence-corrected chi connectivity index (χ0v) is 13.7. The topological polar surface area (TPSA) is 18.5 Å². The smallest absolute Gasteiger partial charge is 0.164 e. The first kappa shape index (κ1) is 15.5. The fourth-order valence-electron chi connectivity index (χ4n) is 2.29. The van der Waals surface area contributed by atoms with Crippen molar-refractivity contribution in [2.75, 3.05) is 0 Å². The van der Waals surface area contributed by atoms with Crippen LogP contribution in [-0.2, 0) is 9.47 Å². The molecule has 2 rings (SSSR count). The molecule has 20 heavy (non-hydrogen) atoms. The minimum Gasteiger partial charge on any atom is -0.342 e. The second-order valence-corrected chi connectivity index (χ2v) is 6.34. The Bertz CT molecular complexity index is 479. The summed E-state index contributed by atoms with van der Waals surface area (Å²) < 4.78 is 12.1. The van der Waals surface area contributed by atoms with Gasteiger partial charge in [-0.3, -0.25) is 0 Å². The summed E-state index contributed by atoms with van der Waals surface area (Å²) in [4.78, 5) is 0.0828. The summed E-state index contributed by atoms with van der Waals surface area (Å²) in [5.74, 6) is -0.601. The molecular weight excluding hydrogens is 316 g/mol. The Labute approximate surface area is 129 Å². The molecule has 1 aliphatic rings. The Morgan fingerprint density at radius 3 is 2.45 bits per heavy atom. The molecule has 0 N–H and O–H groups in total. The van der Waals surface area contributed by atoms with Crippen LogP contribution in [0.4, 0.5) is 0 Å². The van der Waals surface area contributed by atoms with Crippen LogP contribution in [-0.4, -0.2) is 16.7 Å². The molecule has 1 heterocycles. The molecule has 0 radical (unpaired) electrons. The van der Waals surface area contributed by atoms with Crippen molar-refractivity contribution in [2.24, 2.45) is 0 Å².